The van der Waals surface area contributed by atoms with Crippen molar-refractivity contribution in [2.24, 2.45) is 17.8 Å². The van der Waals surface area contributed by atoms with Gasteiger partial charge >= 0.3 is 6.36 Å². The first-order chi connectivity index (χ1) is 18.5. The Morgan fingerprint density at radius 1 is 1.15 bits per heavy atom. The Labute approximate surface area is 220 Å². The van der Waals surface area contributed by atoms with Crippen molar-refractivity contribution in [3.05, 3.63) is 35.8 Å². The highest BCUT2D eigenvalue weighted by molar-refractivity contribution is 6.01. The summed E-state index contributed by atoms with van der Waals surface area (Å²) >= 11 is 0. The van der Waals surface area contributed by atoms with Crippen molar-refractivity contribution in [3.63, 3.8) is 0 Å². The molecular formula is C26H28F4N4O5. The number of carbonyl (C=O) groups is 4. The van der Waals surface area contributed by atoms with Crippen molar-refractivity contribution in [2.75, 3.05) is 19.7 Å². The molecule has 13 heteroatoms. The number of Topliss-reactive ketones (excluding diaryl/α,β-unsaturated/α-hetero) is 1. The van der Waals surface area contributed by atoms with Gasteiger partial charge in [0.25, 0.3) is 5.91 Å². The van der Waals surface area contributed by atoms with Crippen LogP contribution < -0.4 is 10.6 Å². The number of benzene rings is 1. The predicted octanol–water partition coefficient (Wildman–Crippen LogP) is 2.66. The number of ketones is 1. The zero-order valence-electron chi connectivity index (χ0n) is 20.9. The van der Waals surface area contributed by atoms with Gasteiger partial charge < -0.3 is 20.5 Å². The van der Waals surface area contributed by atoms with E-state index < -0.39 is 54.4 Å². The Bertz CT molecular complexity index is 1290. The molecule has 4 unspecified atom stereocenters. The molecule has 2 aliphatic heterocycles. The Morgan fingerprint density at radius 3 is 2.67 bits per heavy atom. The van der Waals surface area contributed by atoms with E-state index in [4.69, 9.17) is 0 Å². The SMILES string of the molecule is O=C1NCCC1CC(NC(=O)[C@@H]1C2CCCC2CN1C(=O)c1cc2cc(F)ccc2[nH]1)C(=O)COC(F)(F)F. The van der Waals surface area contributed by atoms with E-state index in [2.05, 4.69) is 20.4 Å². The van der Waals surface area contributed by atoms with Crippen LogP contribution in [0, 0.1) is 23.6 Å². The third-order valence-electron chi connectivity index (χ3n) is 8.00. The van der Waals surface area contributed by atoms with Crippen LogP contribution in [-0.2, 0) is 19.1 Å². The number of H-pyrrole nitrogens is 1. The Balaban J connectivity index is 1.37. The molecule has 1 aromatic carbocycles. The summed E-state index contributed by atoms with van der Waals surface area (Å²) < 4.78 is 55.2. The number of nitrogens with zero attached hydrogens (tertiary/aromatic N) is 1. The van der Waals surface area contributed by atoms with Crippen molar-refractivity contribution in [3.8, 4) is 0 Å². The molecule has 2 saturated heterocycles. The third kappa shape index (κ3) is 5.77. The topological polar surface area (TPSA) is 121 Å². The van der Waals surface area contributed by atoms with Gasteiger partial charge in [-0.1, -0.05) is 6.42 Å². The number of hydrogen-bond donors (Lipinski definition) is 3. The van der Waals surface area contributed by atoms with Gasteiger partial charge in [-0.15, -0.1) is 13.2 Å². The second kappa shape index (κ2) is 10.6. The molecule has 3 amide bonds. The summed E-state index contributed by atoms with van der Waals surface area (Å²) in [4.78, 5) is 56.4. The second-order valence-electron chi connectivity index (χ2n) is 10.4. The largest absolute Gasteiger partial charge is 0.522 e. The van der Waals surface area contributed by atoms with Crippen LogP contribution in [0.3, 0.4) is 0 Å². The number of aromatic amines is 1. The molecule has 9 nitrogen and oxygen atoms in total. The van der Waals surface area contributed by atoms with Crippen LogP contribution in [0.15, 0.2) is 24.3 Å². The summed E-state index contributed by atoms with van der Waals surface area (Å²) in [5, 5.41) is 5.66. The number of halogens is 4. The summed E-state index contributed by atoms with van der Waals surface area (Å²) in [5.41, 5.74) is 0.715. The van der Waals surface area contributed by atoms with Gasteiger partial charge in [-0.25, -0.2) is 4.39 Å². The maximum Gasteiger partial charge on any atom is 0.522 e. The van der Waals surface area contributed by atoms with Crippen molar-refractivity contribution in [2.45, 2.75) is 50.6 Å². The van der Waals surface area contributed by atoms with Crippen LogP contribution in [0.4, 0.5) is 17.6 Å². The van der Waals surface area contributed by atoms with E-state index in [1.54, 1.807) is 0 Å². The minimum absolute atomic E-state index is 0.0508. The fraction of sp³-hybridized carbons (Fsp3) is 0.538. The lowest BCUT2D eigenvalue weighted by Crippen LogP contribution is -2.54. The Morgan fingerprint density at radius 2 is 1.95 bits per heavy atom. The van der Waals surface area contributed by atoms with E-state index in [9.17, 15) is 36.7 Å². The lowest BCUT2D eigenvalue weighted by molar-refractivity contribution is -0.321. The van der Waals surface area contributed by atoms with E-state index >= 15 is 0 Å². The maximum absolute atomic E-state index is 13.7. The van der Waals surface area contributed by atoms with Gasteiger partial charge in [-0.3, -0.25) is 23.9 Å². The standard InChI is InChI=1S/C26H28F4N4O5/c27-16-4-5-18-15(8-16)10-20(32-18)25(38)34-11-14-2-1-3-17(14)22(34)24(37)33-19(9-13-6-7-31-23(13)36)21(35)12-39-26(28,29)30/h4-5,8,10,13-14,17,19,22,32H,1-3,6-7,9,11-12H2,(H,31,36)(H,33,37)/t13?,14?,17?,19?,22-/m0/s1. The molecule has 210 valence electrons. The van der Waals surface area contributed by atoms with Gasteiger partial charge in [0, 0.05) is 29.9 Å². The second-order valence-corrected chi connectivity index (χ2v) is 10.4. The fourth-order valence-electron chi connectivity index (χ4n) is 6.16. The fourth-order valence-corrected chi connectivity index (χ4v) is 6.16. The van der Waals surface area contributed by atoms with Crippen LogP contribution in [0.1, 0.15) is 42.6 Å². The molecule has 2 aromatic rings. The van der Waals surface area contributed by atoms with Gasteiger partial charge in [-0.05, 0) is 61.8 Å². The number of aromatic nitrogens is 1. The Kier molecular flexibility index (Phi) is 7.36. The van der Waals surface area contributed by atoms with E-state index in [0.29, 0.717) is 36.8 Å². The quantitative estimate of drug-likeness (QED) is 0.435. The third-order valence-corrected chi connectivity index (χ3v) is 8.00. The van der Waals surface area contributed by atoms with Crippen LogP contribution in [0.2, 0.25) is 0 Å². The smallest absolute Gasteiger partial charge is 0.356 e. The minimum Gasteiger partial charge on any atom is -0.356 e. The van der Waals surface area contributed by atoms with Gasteiger partial charge in [0.2, 0.25) is 11.8 Å². The van der Waals surface area contributed by atoms with Crippen LogP contribution >= 0.6 is 0 Å². The number of amides is 3. The van der Waals surface area contributed by atoms with E-state index in [-0.39, 0.29) is 29.9 Å². The molecule has 0 radical (unpaired) electrons. The zero-order valence-corrected chi connectivity index (χ0v) is 20.9. The monoisotopic (exact) mass is 552 g/mol. The minimum atomic E-state index is -5.04. The van der Waals surface area contributed by atoms with Crippen LogP contribution in [0.25, 0.3) is 10.9 Å². The molecule has 0 spiro atoms. The van der Waals surface area contributed by atoms with Gasteiger partial charge in [0.05, 0.1) is 6.04 Å². The molecule has 3 aliphatic rings. The summed E-state index contributed by atoms with van der Waals surface area (Å²) in [6.45, 7) is -0.652. The molecule has 5 atom stereocenters. The van der Waals surface area contributed by atoms with Crippen molar-refractivity contribution >= 4 is 34.4 Å². The number of hydrogen-bond acceptors (Lipinski definition) is 5. The normalized spacial score (nSPS) is 25.5. The van der Waals surface area contributed by atoms with Crippen molar-refractivity contribution in [1.29, 1.82) is 0 Å². The molecular weight excluding hydrogens is 524 g/mol. The Hall–Kier alpha value is -3.48. The molecule has 1 saturated carbocycles. The number of nitrogens with one attached hydrogen (secondary N) is 3. The van der Waals surface area contributed by atoms with Gasteiger partial charge in [-0.2, -0.15) is 0 Å². The first kappa shape index (κ1) is 27.1. The number of likely N-dealkylation sites (tertiary alicyclic amines) is 1. The summed E-state index contributed by atoms with van der Waals surface area (Å²) in [6.07, 6.45) is -2.51. The number of carbonyl (C=O) groups excluding carboxylic acids is 4. The maximum atomic E-state index is 13.7. The summed E-state index contributed by atoms with van der Waals surface area (Å²) in [7, 11) is 0. The molecule has 3 heterocycles. The van der Waals surface area contributed by atoms with E-state index in [1.807, 2.05) is 0 Å². The molecule has 1 aromatic heterocycles. The zero-order chi connectivity index (χ0) is 27.9. The summed E-state index contributed by atoms with van der Waals surface area (Å²) in [6, 6.07) is 3.19. The molecule has 39 heavy (non-hydrogen) atoms. The lowest BCUT2D eigenvalue weighted by Gasteiger charge is -2.29. The first-order valence-electron chi connectivity index (χ1n) is 12.9. The molecule has 3 fully saturated rings. The van der Waals surface area contributed by atoms with Crippen molar-refractivity contribution in [1.82, 2.24) is 20.5 Å². The van der Waals surface area contributed by atoms with E-state index in [0.717, 1.165) is 12.8 Å². The van der Waals surface area contributed by atoms with Crippen LogP contribution in [0.5, 0.6) is 0 Å². The van der Waals surface area contributed by atoms with Gasteiger partial charge in [0.15, 0.2) is 5.78 Å². The number of rotatable bonds is 8. The van der Waals surface area contributed by atoms with Crippen molar-refractivity contribution < 1.29 is 41.5 Å². The average molecular weight is 553 g/mol. The molecule has 1 aliphatic carbocycles. The average Bonchev–Trinajstić information content (AvgIpc) is 3.65. The highest BCUT2D eigenvalue weighted by atomic mass is 19.4. The lowest BCUT2D eigenvalue weighted by atomic mass is 9.92. The molecule has 3 N–H and O–H groups in total. The summed E-state index contributed by atoms with van der Waals surface area (Å²) in [5.74, 6) is -3.75. The highest BCUT2D eigenvalue weighted by Gasteiger charge is 2.50. The van der Waals surface area contributed by atoms with Crippen LogP contribution in [-0.4, -0.2) is 71.5 Å². The molecule has 0 bridgehead atoms. The number of alkyl halides is 3. The van der Waals surface area contributed by atoms with E-state index in [1.165, 1.54) is 29.2 Å². The molecule has 5 rings (SSSR count). The van der Waals surface area contributed by atoms with Gasteiger partial charge in [0.1, 0.15) is 24.2 Å². The predicted molar refractivity (Wildman–Crippen MR) is 129 cm³/mol. The number of fused-ring (bicyclic) bond motifs is 2. The first-order valence-corrected chi connectivity index (χ1v) is 12.9. The highest BCUT2D eigenvalue weighted by Crippen LogP contribution is 2.43. The number of ether oxygens (including phenoxy) is 1.